The molecule has 0 radical (unpaired) electrons. The molecule has 1 heterocycles. The first-order chi connectivity index (χ1) is 9.49. The third-order valence-corrected chi connectivity index (χ3v) is 4.33. The van der Waals surface area contributed by atoms with Gasteiger partial charge < -0.3 is 0 Å². The first-order valence-electron chi connectivity index (χ1n) is 7.83. The number of ketones is 1. The van der Waals surface area contributed by atoms with Crippen LogP contribution in [0.4, 0.5) is 0 Å². The minimum atomic E-state index is -0.147. The van der Waals surface area contributed by atoms with E-state index in [1.54, 1.807) is 6.92 Å². The average molecular weight is 297 g/mol. The van der Waals surface area contributed by atoms with Gasteiger partial charge in [-0.25, -0.2) is 0 Å². The SMILES string of the molecule is C.CC.CC(=O)C1CCC(CN2C(=O)CC(C)C2=O)CC1. The molecule has 1 aliphatic carbocycles. The highest BCUT2D eigenvalue weighted by atomic mass is 16.2. The summed E-state index contributed by atoms with van der Waals surface area (Å²) in [7, 11) is 0. The van der Waals surface area contributed by atoms with Crippen molar-refractivity contribution in [2.45, 2.75) is 67.2 Å². The zero-order valence-electron chi connectivity index (χ0n) is 13.1. The molecule has 0 bridgehead atoms. The van der Waals surface area contributed by atoms with E-state index >= 15 is 0 Å². The first kappa shape index (κ1) is 19.8. The Labute approximate surface area is 129 Å². The topological polar surface area (TPSA) is 54.5 Å². The minimum Gasteiger partial charge on any atom is -0.300 e. The summed E-state index contributed by atoms with van der Waals surface area (Å²) < 4.78 is 0. The minimum absolute atomic E-state index is 0. The van der Waals surface area contributed by atoms with Crippen LogP contribution in [0, 0.1) is 17.8 Å². The fourth-order valence-corrected chi connectivity index (χ4v) is 3.05. The molecule has 4 heteroatoms. The predicted molar refractivity (Wildman–Crippen MR) is 84.7 cm³/mol. The van der Waals surface area contributed by atoms with Gasteiger partial charge in [-0.15, -0.1) is 0 Å². The molecular weight excluding hydrogens is 266 g/mol. The van der Waals surface area contributed by atoms with Crippen molar-refractivity contribution in [3.8, 4) is 0 Å². The van der Waals surface area contributed by atoms with Crippen molar-refractivity contribution < 1.29 is 14.4 Å². The lowest BCUT2D eigenvalue weighted by Crippen LogP contribution is -2.36. The standard InChI is InChI=1S/C14H21NO3.C2H6.CH4/c1-9-7-13(17)15(14(9)18)8-11-3-5-12(6-4-11)10(2)16;1-2;/h9,11-12H,3-8H2,1-2H3;1-2H3;1H4. The molecule has 2 amide bonds. The summed E-state index contributed by atoms with van der Waals surface area (Å²) in [6.07, 6.45) is 4.09. The maximum atomic E-state index is 11.8. The number of Topliss-reactive ketones (excluding diaryl/α,β-unsaturated/α-hetero) is 1. The van der Waals surface area contributed by atoms with Crippen LogP contribution in [0.2, 0.25) is 0 Å². The maximum Gasteiger partial charge on any atom is 0.232 e. The summed E-state index contributed by atoms with van der Waals surface area (Å²) in [5.74, 6) is 0.667. The third kappa shape index (κ3) is 4.94. The maximum absolute atomic E-state index is 11.8. The van der Waals surface area contributed by atoms with Crippen molar-refractivity contribution in [3.05, 3.63) is 0 Å². The molecule has 1 saturated carbocycles. The zero-order valence-corrected chi connectivity index (χ0v) is 13.1. The molecule has 122 valence electrons. The number of imide groups is 1. The molecule has 0 aromatic heterocycles. The highest BCUT2D eigenvalue weighted by Gasteiger charge is 2.37. The number of nitrogens with zero attached hydrogens (tertiary/aromatic N) is 1. The molecule has 2 rings (SSSR count). The molecule has 0 aromatic rings. The molecule has 2 aliphatic rings. The number of carbonyl (C=O) groups is 3. The van der Waals surface area contributed by atoms with Crippen molar-refractivity contribution >= 4 is 17.6 Å². The largest absolute Gasteiger partial charge is 0.300 e. The second-order valence-corrected chi connectivity index (χ2v) is 5.78. The van der Waals surface area contributed by atoms with E-state index in [2.05, 4.69) is 0 Å². The van der Waals surface area contributed by atoms with Gasteiger partial charge in [-0.05, 0) is 38.5 Å². The normalized spacial score (nSPS) is 28.6. The molecule has 4 nitrogen and oxygen atoms in total. The Bertz CT molecular complexity index is 370. The number of amides is 2. The molecule has 1 atom stereocenters. The smallest absolute Gasteiger partial charge is 0.232 e. The fraction of sp³-hybridized carbons (Fsp3) is 0.824. The van der Waals surface area contributed by atoms with Gasteiger partial charge in [0.2, 0.25) is 11.8 Å². The Hall–Kier alpha value is -1.19. The first-order valence-corrected chi connectivity index (χ1v) is 7.83. The van der Waals surface area contributed by atoms with E-state index in [0.717, 1.165) is 25.7 Å². The highest BCUT2D eigenvalue weighted by molar-refractivity contribution is 6.03. The van der Waals surface area contributed by atoms with Gasteiger partial charge in [0.15, 0.2) is 0 Å². The Morgan fingerprint density at radius 1 is 1.14 bits per heavy atom. The summed E-state index contributed by atoms with van der Waals surface area (Å²) in [4.78, 5) is 36.2. The fourth-order valence-electron chi connectivity index (χ4n) is 3.05. The van der Waals surface area contributed by atoms with Gasteiger partial charge in [0.05, 0.1) is 0 Å². The molecule has 1 saturated heterocycles. The van der Waals surface area contributed by atoms with Crippen LogP contribution in [0.1, 0.15) is 67.2 Å². The van der Waals surface area contributed by atoms with E-state index < -0.39 is 0 Å². The molecule has 0 spiro atoms. The predicted octanol–water partition coefficient (Wildman–Crippen LogP) is 3.44. The summed E-state index contributed by atoms with van der Waals surface area (Å²) in [6, 6.07) is 0. The van der Waals surface area contributed by atoms with E-state index in [0.29, 0.717) is 18.9 Å². The second kappa shape index (κ2) is 8.96. The lowest BCUT2D eigenvalue weighted by molar-refractivity contribution is -0.140. The highest BCUT2D eigenvalue weighted by Crippen LogP contribution is 2.31. The monoisotopic (exact) mass is 297 g/mol. The van der Waals surface area contributed by atoms with Crippen molar-refractivity contribution in [2.24, 2.45) is 17.8 Å². The molecule has 1 aliphatic heterocycles. The Morgan fingerprint density at radius 3 is 2.05 bits per heavy atom. The van der Waals surface area contributed by atoms with Gasteiger partial charge in [-0.2, -0.15) is 0 Å². The van der Waals surface area contributed by atoms with Crippen LogP contribution in [0.5, 0.6) is 0 Å². The molecule has 0 N–H and O–H groups in total. The second-order valence-electron chi connectivity index (χ2n) is 5.78. The molecule has 2 fully saturated rings. The lowest BCUT2D eigenvalue weighted by Gasteiger charge is -2.29. The van der Waals surface area contributed by atoms with E-state index in [1.165, 1.54) is 4.90 Å². The third-order valence-electron chi connectivity index (χ3n) is 4.33. The van der Waals surface area contributed by atoms with E-state index in [-0.39, 0.29) is 36.9 Å². The van der Waals surface area contributed by atoms with Gasteiger partial charge >= 0.3 is 0 Å². The average Bonchev–Trinajstić information content (AvgIpc) is 2.68. The van der Waals surface area contributed by atoms with Crippen LogP contribution in [-0.4, -0.2) is 29.0 Å². The van der Waals surface area contributed by atoms with E-state index in [1.807, 2.05) is 20.8 Å². The Kier molecular flexibility index (Phi) is 8.45. The van der Waals surface area contributed by atoms with Crippen LogP contribution >= 0.6 is 0 Å². The van der Waals surface area contributed by atoms with Gasteiger partial charge in [0.25, 0.3) is 0 Å². The summed E-state index contributed by atoms with van der Waals surface area (Å²) >= 11 is 0. The molecule has 0 aromatic carbocycles. The Morgan fingerprint density at radius 2 is 1.67 bits per heavy atom. The van der Waals surface area contributed by atoms with Crippen LogP contribution in [0.3, 0.4) is 0 Å². The van der Waals surface area contributed by atoms with E-state index in [9.17, 15) is 14.4 Å². The number of hydrogen-bond acceptors (Lipinski definition) is 3. The molecular formula is C17H31NO3. The van der Waals surface area contributed by atoms with Crippen LogP contribution in [0.25, 0.3) is 0 Å². The number of carbonyl (C=O) groups excluding carboxylic acids is 3. The number of rotatable bonds is 3. The van der Waals surface area contributed by atoms with Crippen LogP contribution < -0.4 is 0 Å². The van der Waals surface area contributed by atoms with Crippen LogP contribution in [-0.2, 0) is 14.4 Å². The molecule has 21 heavy (non-hydrogen) atoms. The van der Waals surface area contributed by atoms with Crippen LogP contribution in [0.15, 0.2) is 0 Å². The molecule has 1 unspecified atom stereocenters. The lowest BCUT2D eigenvalue weighted by atomic mass is 9.80. The van der Waals surface area contributed by atoms with Crippen molar-refractivity contribution in [1.29, 1.82) is 0 Å². The zero-order chi connectivity index (χ0) is 15.3. The quantitative estimate of drug-likeness (QED) is 0.750. The van der Waals surface area contributed by atoms with Gasteiger partial charge in [0, 0.05) is 24.8 Å². The van der Waals surface area contributed by atoms with Crippen molar-refractivity contribution in [3.63, 3.8) is 0 Å². The summed E-state index contributed by atoms with van der Waals surface area (Å²) in [6.45, 7) is 8.03. The van der Waals surface area contributed by atoms with Gasteiger partial charge in [0.1, 0.15) is 5.78 Å². The number of likely N-dealkylation sites (tertiary alicyclic amines) is 1. The Balaban J connectivity index is 0.00000128. The van der Waals surface area contributed by atoms with E-state index in [4.69, 9.17) is 0 Å². The van der Waals surface area contributed by atoms with Crippen molar-refractivity contribution in [2.75, 3.05) is 6.54 Å². The van der Waals surface area contributed by atoms with Gasteiger partial charge in [-0.1, -0.05) is 28.2 Å². The summed E-state index contributed by atoms with van der Waals surface area (Å²) in [5.41, 5.74) is 0. The van der Waals surface area contributed by atoms with Gasteiger partial charge in [-0.3, -0.25) is 19.3 Å². The summed E-state index contributed by atoms with van der Waals surface area (Å²) in [5, 5.41) is 0. The van der Waals surface area contributed by atoms with Crippen molar-refractivity contribution in [1.82, 2.24) is 4.90 Å². The number of hydrogen-bond donors (Lipinski definition) is 0.